The maximum Gasteiger partial charge on any atom is 0.130 e. The molecule has 0 fully saturated rings. The van der Waals surface area contributed by atoms with Crippen LogP contribution in [0.15, 0.2) is 42.5 Å². The van der Waals surface area contributed by atoms with E-state index < -0.39 is 11.6 Å². The Bertz CT molecular complexity index is 555. The van der Waals surface area contributed by atoms with Crippen LogP contribution in [0.5, 0.6) is 0 Å². The Morgan fingerprint density at radius 3 is 2.42 bits per heavy atom. The van der Waals surface area contributed by atoms with Crippen LogP contribution in [0, 0.1) is 11.6 Å². The predicted octanol–water partition coefficient (Wildman–Crippen LogP) is 4.47. The molecule has 0 heterocycles. The Kier molecular flexibility index (Phi) is 4.51. The molecule has 19 heavy (non-hydrogen) atoms. The Hall–Kier alpha value is -1.45. The molecule has 0 bridgehead atoms. The topological polar surface area (TPSA) is 12.0 Å². The summed E-state index contributed by atoms with van der Waals surface area (Å²) in [5.41, 5.74) is 1.51. The maximum atomic E-state index is 13.6. The van der Waals surface area contributed by atoms with Crippen molar-refractivity contribution in [2.75, 3.05) is 0 Å². The van der Waals surface area contributed by atoms with Gasteiger partial charge in [-0.15, -0.1) is 0 Å². The standard InChI is InChI=1S/C15H14ClF2N/c1-10(14-7-6-13(17)8-15(14)18)19-9-11-2-4-12(16)5-3-11/h2-8,10,19H,9H2,1H3. The van der Waals surface area contributed by atoms with Gasteiger partial charge in [-0.25, -0.2) is 8.78 Å². The van der Waals surface area contributed by atoms with Gasteiger partial charge in [0.25, 0.3) is 0 Å². The molecule has 4 heteroatoms. The molecule has 0 amide bonds. The van der Waals surface area contributed by atoms with Crippen molar-refractivity contribution in [1.82, 2.24) is 5.32 Å². The van der Waals surface area contributed by atoms with Crippen molar-refractivity contribution < 1.29 is 8.78 Å². The van der Waals surface area contributed by atoms with Crippen LogP contribution in [0.3, 0.4) is 0 Å². The van der Waals surface area contributed by atoms with Crippen LogP contribution in [0.2, 0.25) is 5.02 Å². The van der Waals surface area contributed by atoms with Crippen LogP contribution in [-0.2, 0) is 6.54 Å². The van der Waals surface area contributed by atoms with Crippen LogP contribution in [0.1, 0.15) is 24.1 Å². The van der Waals surface area contributed by atoms with Crippen LogP contribution in [-0.4, -0.2) is 0 Å². The van der Waals surface area contributed by atoms with Gasteiger partial charge in [0.15, 0.2) is 0 Å². The molecule has 0 saturated heterocycles. The molecule has 1 unspecified atom stereocenters. The Balaban J connectivity index is 2.01. The zero-order valence-corrected chi connectivity index (χ0v) is 11.2. The van der Waals surface area contributed by atoms with Gasteiger partial charge in [0.05, 0.1) is 0 Å². The van der Waals surface area contributed by atoms with Crippen molar-refractivity contribution in [2.24, 2.45) is 0 Å². The van der Waals surface area contributed by atoms with E-state index in [1.54, 1.807) is 0 Å². The number of hydrogen-bond acceptors (Lipinski definition) is 1. The summed E-state index contributed by atoms with van der Waals surface area (Å²) in [4.78, 5) is 0. The van der Waals surface area contributed by atoms with Gasteiger partial charge in [0.2, 0.25) is 0 Å². The predicted molar refractivity (Wildman–Crippen MR) is 73.1 cm³/mol. The molecule has 0 aliphatic rings. The van der Waals surface area contributed by atoms with Crippen LogP contribution in [0.25, 0.3) is 0 Å². The molecular weight excluding hydrogens is 268 g/mol. The van der Waals surface area contributed by atoms with E-state index in [0.717, 1.165) is 11.6 Å². The van der Waals surface area contributed by atoms with Gasteiger partial charge < -0.3 is 5.32 Å². The summed E-state index contributed by atoms with van der Waals surface area (Å²) in [6, 6.07) is 10.9. The van der Waals surface area contributed by atoms with Crippen LogP contribution >= 0.6 is 11.6 Å². The average molecular weight is 282 g/mol. The lowest BCUT2D eigenvalue weighted by atomic mass is 10.1. The first-order valence-electron chi connectivity index (χ1n) is 5.99. The van der Waals surface area contributed by atoms with E-state index in [4.69, 9.17) is 11.6 Å². The van der Waals surface area contributed by atoms with Gasteiger partial charge in [0, 0.05) is 29.2 Å². The van der Waals surface area contributed by atoms with E-state index in [9.17, 15) is 8.78 Å². The van der Waals surface area contributed by atoms with E-state index in [1.807, 2.05) is 31.2 Å². The minimum absolute atomic E-state index is 0.198. The fourth-order valence-corrected chi connectivity index (χ4v) is 1.96. The lowest BCUT2D eigenvalue weighted by Crippen LogP contribution is -2.19. The normalized spacial score (nSPS) is 12.4. The second-order valence-corrected chi connectivity index (χ2v) is 4.83. The molecule has 2 rings (SSSR count). The van der Waals surface area contributed by atoms with Gasteiger partial charge >= 0.3 is 0 Å². The highest BCUT2D eigenvalue weighted by atomic mass is 35.5. The van der Waals surface area contributed by atoms with E-state index >= 15 is 0 Å². The second kappa shape index (κ2) is 6.13. The molecule has 0 aliphatic heterocycles. The molecule has 2 aromatic carbocycles. The fourth-order valence-electron chi connectivity index (χ4n) is 1.84. The third-order valence-electron chi connectivity index (χ3n) is 2.95. The Morgan fingerprint density at radius 1 is 1.11 bits per heavy atom. The first-order valence-corrected chi connectivity index (χ1v) is 6.37. The SMILES string of the molecule is CC(NCc1ccc(Cl)cc1)c1ccc(F)cc1F. The summed E-state index contributed by atoms with van der Waals surface area (Å²) >= 11 is 5.80. The van der Waals surface area contributed by atoms with Gasteiger partial charge in [-0.2, -0.15) is 0 Å². The number of halogens is 3. The Labute approximate surface area is 116 Å². The summed E-state index contributed by atoms with van der Waals surface area (Å²) in [6.45, 7) is 2.43. The quantitative estimate of drug-likeness (QED) is 0.872. The van der Waals surface area contributed by atoms with E-state index in [1.165, 1.54) is 12.1 Å². The number of hydrogen-bond donors (Lipinski definition) is 1. The molecule has 1 N–H and O–H groups in total. The molecule has 100 valence electrons. The minimum Gasteiger partial charge on any atom is -0.306 e. The number of benzene rings is 2. The molecule has 0 aromatic heterocycles. The lowest BCUT2D eigenvalue weighted by molar-refractivity contribution is 0.518. The second-order valence-electron chi connectivity index (χ2n) is 4.39. The van der Waals surface area contributed by atoms with Crippen molar-refractivity contribution in [1.29, 1.82) is 0 Å². The maximum absolute atomic E-state index is 13.6. The number of rotatable bonds is 4. The summed E-state index contributed by atoms with van der Waals surface area (Å²) in [5, 5.41) is 3.87. The summed E-state index contributed by atoms with van der Waals surface area (Å²) in [5.74, 6) is -1.10. The highest BCUT2D eigenvalue weighted by molar-refractivity contribution is 6.30. The lowest BCUT2D eigenvalue weighted by Gasteiger charge is -2.15. The fraction of sp³-hybridized carbons (Fsp3) is 0.200. The van der Waals surface area contributed by atoms with Crippen molar-refractivity contribution >= 4 is 11.6 Å². The van der Waals surface area contributed by atoms with Crippen LogP contribution in [0.4, 0.5) is 8.78 Å². The molecule has 0 spiro atoms. The highest BCUT2D eigenvalue weighted by Gasteiger charge is 2.11. The largest absolute Gasteiger partial charge is 0.306 e. The average Bonchev–Trinajstić information content (AvgIpc) is 2.37. The first-order chi connectivity index (χ1) is 9.06. The van der Waals surface area contributed by atoms with Crippen LogP contribution < -0.4 is 5.32 Å². The monoisotopic (exact) mass is 281 g/mol. The zero-order valence-electron chi connectivity index (χ0n) is 10.5. The zero-order chi connectivity index (χ0) is 13.8. The minimum atomic E-state index is -0.564. The highest BCUT2D eigenvalue weighted by Crippen LogP contribution is 2.18. The summed E-state index contributed by atoms with van der Waals surface area (Å²) < 4.78 is 26.4. The molecular formula is C15H14ClF2N. The van der Waals surface area contributed by atoms with Gasteiger partial charge in [0.1, 0.15) is 11.6 Å². The third kappa shape index (κ3) is 3.75. The van der Waals surface area contributed by atoms with E-state index in [0.29, 0.717) is 17.1 Å². The van der Waals surface area contributed by atoms with Crippen molar-refractivity contribution in [3.8, 4) is 0 Å². The van der Waals surface area contributed by atoms with E-state index in [2.05, 4.69) is 5.32 Å². The van der Waals surface area contributed by atoms with Gasteiger partial charge in [-0.3, -0.25) is 0 Å². The summed E-state index contributed by atoms with van der Waals surface area (Å²) in [7, 11) is 0. The smallest absolute Gasteiger partial charge is 0.130 e. The molecule has 0 aliphatic carbocycles. The summed E-state index contributed by atoms with van der Waals surface area (Å²) in [6.07, 6.45) is 0. The molecule has 1 atom stereocenters. The molecule has 0 radical (unpaired) electrons. The van der Waals surface area contributed by atoms with Gasteiger partial charge in [-0.05, 0) is 30.7 Å². The Morgan fingerprint density at radius 2 is 1.79 bits per heavy atom. The molecule has 1 nitrogen and oxygen atoms in total. The van der Waals surface area contributed by atoms with Crippen molar-refractivity contribution in [3.63, 3.8) is 0 Å². The third-order valence-corrected chi connectivity index (χ3v) is 3.21. The van der Waals surface area contributed by atoms with Crippen molar-refractivity contribution in [2.45, 2.75) is 19.5 Å². The van der Waals surface area contributed by atoms with Crippen molar-refractivity contribution in [3.05, 3.63) is 70.2 Å². The number of nitrogens with one attached hydrogen (secondary N) is 1. The van der Waals surface area contributed by atoms with Gasteiger partial charge in [-0.1, -0.05) is 29.8 Å². The molecule has 2 aromatic rings. The molecule has 0 saturated carbocycles. The van der Waals surface area contributed by atoms with E-state index in [-0.39, 0.29) is 6.04 Å². The first kappa shape index (κ1) is 14.0.